The first-order chi connectivity index (χ1) is 8.50. The van der Waals surface area contributed by atoms with E-state index < -0.39 is 0 Å². The Morgan fingerprint density at radius 3 is 2.61 bits per heavy atom. The number of hydrogen-bond acceptors (Lipinski definition) is 2. The summed E-state index contributed by atoms with van der Waals surface area (Å²) in [7, 11) is 4.20. The van der Waals surface area contributed by atoms with Crippen LogP contribution in [0.3, 0.4) is 0 Å². The number of rotatable bonds is 7. The molecular formula is C14H22Cl2N2. The molecule has 0 aliphatic rings. The zero-order valence-electron chi connectivity index (χ0n) is 11.3. The smallest absolute Gasteiger partial charge is 0.0454 e. The molecule has 2 nitrogen and oxygen atoms in total. The van der Waals surface area contributed by atoms with Gasteiger partial charge in [-0.2, -0.15) is 0 Å². The normalized spacial score (nSPS) is 13.0. The molecule has 102 valence electrons. The van der Waals surface area contributed by atoms with Gasteiger partial charge in [-0.05, 0) is 70.7 Å². The van der Waals surface area contributed by atoms with E-state index in [0.29, 0.717) is 0 Å². The molecule has 0 saturated carbocycles. The van der Waals surface area contributed by atoms with Gasteiger partial charge in [0.25, 0.3) is 0 Å². The van der Waals surface area contributed by atoms with Gasteiger partial charge in [0.15, 0.2) is 0 Å². The molecule has 1 unspecified atom stereocenters. The van der Waals surface area contributed by atoms with E-state index in [9.17, 15) is 0 Å². The molecule has 0 fully saturated rings. The van der Waals surface area contributed by atoms with Crippen LogP contribution in [-0.2, 0) is 0 Å². The Hall–Kier alpha value is -0.280. The predicted octanol–water partition coefficient (Wildman–Crippen LogP) is 3.99. The third-order valence-electron chi connectivity index (χ3n) is 2.91. The molecule has 0 aliphatic heterocycles. The molecule has 0 heterocycles. The molecule has 1 aromatic rings. The molecule has 0 amide bonds. The molecule has 1 rings (SSSR count). The minimum absolute atomic E-state index is 0.232. The van der Waals surface area contributed by atoms with Gasteiger partial charge in [0, 0.05) is 16.1 Å². The molecule has 1 atom stereocenters. The zero-order valence-corrected chi connectivity index (χ0v) is 12.9. The van der Waals surface area contributed by atoms with Crippen LogP contribution in [0.1, 0.15) is 31.4 Å². The van der Waals surface area contributed by atoms with Crippen molar-refractivity contribution in [2.24, 2.45) is 0 Å². The van der Waals surface area contributed by atoms with Crippen LogP contribution in [0.15, 0.2) is 18.2 Å². The van der Waals surface area contributed by atoms with Gasteiger partial charge < -0.3 is 10.2 Å². The molecule has 0 aliphatic carbocycles. The first-order valence-corrected chi connectivity index (χ1v) is 7.09. The molecule has 1 N–H and O–H groups in total. The van der Waals surface area contributed by atoms with Crippen LogP contribution in [0.2, 0.25) is 10.0 Å². The minimum Gasteiger partial charge on any atom is -0.310 e. The van der Waals surface area contributed by atoms with Crippen molar-refractivity contribution in [1.82, 2.24) is 10.2 Å². The highest BCUT2D eigenvalue weighted by Crippen LogP contribution is 2.26. The molecule has 0 radical (unpaired) electrons. The van der Waals surface area contributed by atoms with Gasteiger partial charge in [-0.3, -0.25) is 0 Å². The fourth-order valence-electron chi connectivity index (χ4n) is 1.83. The summed E-state index contributed by atoms with van der Waals surface area (Å²) in [4.78, 5) is 2.21. The summed E-state index contributed by atoms with van der Waals surface area (Å²) in [6.07, 6.45) is 2.37. The summed E-state index contributed by atoms with van der Waals surface area (Å²) in [5, 5.41) is 4.98. The quantitative estimate of drug-likeness (QED) is 0.764. The third-order valence-corrected chi connectivity index (χ3v) is 3.49. The lowest BCUT2D eigenvalue weighted by Crippen LogP contribution is -2.21. The fraction of sp³-hybridized carbons (Fsp3) is 0.571. The van der Waals surface area contributed by atoms with Crippen molar-refractivity contribution in [3.05, 3.63) is 33.8 Å². The maximum Gasteiger partial charge on any atom is 0.0454 e. The van der Waals surface area contributed by atoms with E-state index in [4.69, 9.17) is 23.2 Å². The number of nitrogens with one attached hydrogen (secondary N) is 1. The minimum atomic E-state index is 0.232. The van der Waals surface area contributed by atoms with Crippen LogP contribution in [0.4, 0.5) is 0 Å². The molecule has 1 aromatic carbocycles. The van der Waals surface area contributed by atoms with Crippen molar-refractivity contribution in [3.63, 3.8) is 0 Å². The second-order valence-electron chi connectivity index (χ2n) is 4.85. The molecular weight excluding hydrogens is 267 g/mol. The average Bonchev–Trinajstić information content (AvgIpc) is 2.31. The number of unbranched alkanes of at least 4 members (excludes halogenated alkanes) is 1. The highest BCUT2D eigenvalue weighted by atomic mass is 35.5. The monoisotopic (exact) mass is 288 g/mol. The summed E-state index contributed by atoms with van der Waals surface area (Å²) in [5.41, 5.74) is 1.07. The second-order valence-corrected chi connectivity index (χ2v) is 5.70. The number of nitrogens with zero attached hydrogens (tertiary/aromatic N) is 1. The Bertz CT molecular complexity index is 367. The first kappa shape index (κ1) is 15.8. The van der Waals surface area contributed by atoms with Crippen LogP contribution in [-0.4, -0.2) is 32.1 Å². The summed E-state index contributed by atoms with van der Waals surface area (Å²) < 4.78 is 0. The largest absolute Gasteiger partial charge is 0.310 e. The maximum absolute atomic E-state index is 6.17. The lowest BCUT2D eigenvalue weighted by Gasteiger charge is -2.16. The van der Waals surface area contributed by atoms with Crippen molar-refractivity contribution in [3.8, 4) is 0 Å². The zero-order chi connectivity index (χ0) is 13.5. The number of halogens is 2. The number of hydrogen-bond donors (Lipinski definition) is 1. The van der Waals surface area contributed by atoms with Crippen LogP contribution in [0, 0.1) is 0 Å². The average molecular weight is 289 g/mol. The Morgan fingerprint density at radius 1 is 1.22 bits per heavy atom. The summed E-state index contributed by atoms with van der Waals surface area (Å²) in [6, 6.07) is 5.83. The standard InChI is InChI=1S/C14H22Cl2N2/c1-11(17-8-4-5-9-18(2)3)13-10-12(15)6-7-14(13)16/h6-7,10-11,17H,4-5,8-9H2,1-3H3. The fourth-order valence-corrected chi connectivity index (χ4v) is 2.29. The highest BCUT2D eigenvalue weighted by molar-refractivity contribution is 6.33. The van der Waals surface area contributed by atoms with Crippen molar-refractivity contribution in [2.45, 2.75) is 25.8 Å². The molecule has 0 bridgehead atoms. The Kier molecular flexibility index (Phi) is 7.02. The van der Waals surface area contributed by atoms with Crippen LogP contribution in [0.5, 0.6) is 0 Å². The number of benzene rings is 1. The summed E-state index contributed by atoms with van der Waals surface area (Å²) in [6.45, 7) is 4.25. The van der Waals surface area contributed by atoms with Crippen LogP contribution >= 0.6 is 23.2 Å². The first-order valence-electron chi connectivity index (χ1n) is 6.33. The molecule has 4 heteroatoms. The summed E-state index contributed by atoms with van der Waals surface area (Å²) in [5.74, 6) is 0. The summed E-state index contributed by atoms with van der Waals surface area (Å²) >= 11 is 12.2. The van der Waals surface area contributed by atoms with Gasteiger partial charge in [-0.15, -0.1) is 0 Å². The van der Waals surface area contributed by atoms with E-state index in [1.165, 1.54) is 12.8 Å². The van der Waals surface area contributed by atoms with E-state index in [2.05, 4.69) is 31.2 Å². The molecule has 0 aromatic heterocycles. The van der Waals surface area contributed by atoms with E-state index >= 15 is 0 Å². The molecule has 0 saturated heterocycles. The predicted molar refractivity (Wildman–Crippen MR) is 80.7 cm³/mol. The van der Waals surface area contributed by atoms with E-state index in [-0.39, 0.29) is 6.04 Å². The van der Waals surface area contributed by atoms with Crippen molar-refractivity contribution in [2.75, 3.05) is 27.2 Å². The SMILES string of the molecule is CC(NCCCCN(C)C)c1cc(Cl)ccc1Cl. The Labute approximate surface area is 120 Å². The van der Waals surface area contributed by atoms with Crippen molar-refractivity contribution < 1.29 is 0 Å². The topological polar surface area (TPSA) is 15.3 Å². The van der Waals surface area contributed by atoms with Gasteiger partial charge in [-0.1, -0.05) is 23.2 Å². The van der Waals surface area contributed by atoms with Crippen LogP contribution in [0.25, 0.3) is 0 Å². The maximum atomic E-state index is 6.17. The second kappa shape index (κ2) is 8.00. The van der Waals surface area contributed by atoms with E-state index in [0.717, 1.165) is 28.7 Å². The Balaban J connectivity index is 2.36. The molecule has 0 spiro atoms. The lowest BCUT2D eigenvalue weighted by molar-refractivity contribution is 0.389. The van der Waals surface area contributed by atoms with Crippen LogP contribution < -0.4 is 5.32 Å². The van der Waals surface area contributed by atoms with E-state index in [1.54, 1.807) is 0 Å². The molecule has 18 heavy (non-hydrogen) atoms. The van der Waals surface area contributed by atoms with E-state index in [1.807, 2.05) is 18.2 Å². The highest BCUT2D eigenvalue weighted by Gasteiger charge is 2.09. The van der Waals surface area contributed by atoms with Gasteiger partial charge in [-0.25, -0.2) is 0 Å². The third kappa shape index (κ3) is 5.57. The van der Waals surface area contributed by atoms with Gasteiger partial charge in [0.2, 0.25) is 0 Å². The lowest BCUT2D eigenvalue weighted by atomic mass is 10.1. The van der Waals surface area contributed by atoms with Gasteiger partial charge in [0.1, 0.15) is 0 Å². The van der Waals surface area contributed by atoms with Gasteiger partial charge >= 0.3 is 0 Å². The van der Waals surface area contributed by atoms with Gasteiger partial charge in [0.05, 0.1) is 0 Å². The Morgan fingerprint density at radius 2 is 1.94 bits per heavy atom. The van der Waals surface area contributed by atoms with Crippen molar-refractivity contribution in [1.29, 1.82) is 0 Å². The van der Waals surface area contributed by atoms with Crippen molar-refractivity contribution >= 4 is 23.2 Å².